The first-order valence-corrected chi connectivity index (χ1v) is 11.1. The third kappa shape index (κ3) is 7.63. The smallest absolute Gasteiger partial charge is 0.223 e. The van der Waals surface area contributed by atoms with Crippen molar-refractivity contribution in [2.24, 2.45) is 0 Å². The molecule has 1 N–H and O–H groups in total. The molecule has 0 radical (unpaired) electrons. The lowest BCUT2D eigenvalue weighted by molar-refractivity contribution is -0.132. The molecule has 1 aliphatic heterocycles. The van der Waals surface area contributed by atoms with Gasteiger partial charge in [-0.1, -0.05) is 36.4 Å². The maximum atomic E-state index is 12.4. The zero-order valence-electron chi connectivity index (χ0n) is 18.2. The SMILES string of the molecule is Cc1ccccc1OCCCC(=O)N1CCC(NC(=O)CCOc2ccccc2)CC1. The second kappa shape index (κ2) is 12.0. The molecule has 0 aliphatic carbocycles. The number of para-hydroxylation sites is 2. The van der Waals surface area contributed by atoms with Crippen molar-refractivity contribution < 1.29 is 19.1 Å². The van der Waals surface area contributed by atoms with Crippen LogP contribution in [0.1, 0.15) is 37.7 Å². The predicted octanol–water partition coefficient (Wildman–Crippen LogP) is 3.73. The first-order chi connectivity index (χ1) is 15.1. The summed E-state index contributed by atoms with van der Waals surface area (Å²) in [5.74, 6) is 1.80. The minimum Gasteiger partial charge on any atom is -0.493 e. The molecule has 0 aromatic heterocycles. The number of likely N-dealkylation sites (tertiary alicyclic amines) is 1. The summed E-state index contributed by atoms with van der Waals surface area (Å²) in [7, 11) is 0. The van der Waals surface area contributed by atoms with E-state index in [0.29, 0.717) is 45.6 Å². The lowest BCUT2D eigenvalue weighted by atomic mass is 10.0. The van der Waals surface area contributed by atoms with Crippen LogP contribution in [0.25, 0.3) is 0 Å². The van der Waals surface area contributed by atoms with Crippen LogP contribution in [-0.2, 0) is 9.59 Å². The van der Waals surface area contributed by atoms with E-state index in [9.17, 15) is 9.59 Å². The lowest BCUT2D eigenvalue weighted by Gasteiger charge is -2.32. The van der Waals surface area contributed by atoms with Crippen molar-refractivity contribution in [1.82, 2.24) is 10.2 Å². The maximum absolute atomic E-state index is 12.4. The van der Waals surface area contributed by atoms with E-state index < -0.39 is 0 Å². The number of piperidine rings is 1. The van der Waals surface area contributed by atoms with Crippen LogP contribution in [0.3, 0.4) is 0 Å². The molecule has 2 aromatic rings. The fourth-order valence-electron chi connectivity index (χ4n) is 3.63. The molecule has 6 heteroatoms. The number of nitrogens with zero attached hydrogens (tertiary/aromatic N) is 1. The van der Waals surface area contributed by atoms with Crippen LogP contribution < -0.4 is 14.8 Å². The van der Waals surface area contributed by atoms with Gasteiger partial charge < -0.3 is 19.7 Å². The zero-order valence-corrected chi connectivity index (χ0v) is 18.2. The molecule has 31 heavy (non-hydrogen) atoms. The van der Waals surface area contributed by atoms with Crippen LogP contribution >= 0.6 is 0 Å². The van der Waals surface area contributed by atoms with E-state index in [1.165, 1.54) is 0 Å². The fourth-order valence-corrected chi connectivity index (χ4v) is 3.63. The van der Waals surface area contributed by atoms with Gasteiger partial charge in [-0.3, -0.25) is 9.59 Å². The van der Waals surface area contributed by atoms with E-state index in [0.717, 1.165) is 29.9 Å². The Labute approximate surface area is 184 Å². The molecule has 0 atom stereocenters. The van der Waals surface area contributed by atoms with Gasteiger partial charge in [0, 0.05) is 25.6 Å². The summed E-state index contributed by atoms with van der Waals surface area (Å²) >= 11 is 0. The standard InChI is InChI=1S/C25H32N2O4/c1-20-8-5-6-11-23(20)31-18-7-12-25(29)27-16-13-21(14-17-27)26-24(28)15-19-30-22-9-3-2-4-10-22/h2-6,8-11,21H,7,12-19H2,1H3,(H,26,28). The van der Waals surface area contributed by atoms with Crippen LogP contribution in [0, 0.1) is 6.92 Å². The minimum absolute atomic E-state index is 0.00550. The molecule has 0 unspecified atom stereocenters. The van der Waals surface area contributed by atoms with E-state index in [1.54, 1.807) is 0 Å². The highest BCUT2D eigenvalue weighted by molar-refractivity contribution is 5.77. The Morgan fingerprint density at radius 3 is 2.39 bits per heavy atom. The molecular weight excluding hydrogens is 392 g/mol. The average Bonchev–Trinajstić information content (AvgIpc) is 2.79. The molecular formula is C25H32N2O4. The van der Waals surface area contributed by atoms with Crippen LogP contribution in [0.5, 0.6) is 11.5 Å². The second-order valence-corrected chi connectivity index (χ2v) is 7.85. The van der Waals surface area contributed by atoms with Crippen LogP contribution in [-0.4, -0.2) is 49.1 Å². The van der Waals surface area contributed by atoms with E-state index in [2.05, 4.69) is 5.32 Å². The molecule has 0 spiro atoms. The summed E-state index contributed by atoms with van der Waals surface area (Å²) < 4.78 is 11.3. The third-order valence-corrected chi connectivity index (χ3v) is 5.44. The minimum atomic E-state index is -0.00550. The third-order valence-electron chi connectivity index (χ3n) is 5.44. The summed E-state index contributed by atoms with van der Waals surface area (Å²) in [5, 5.41) is 3.06. The number of rotatable bonds is 10. The van der Waals surface area contributed by atoms with Gasteiger partial charge >= 0.3 is 0 Å². The Morgan fingerprint density at radius 1 is 0.935 bits per heavy atom. The number of aryl methyl sites for hydroxylation is 1. The Morgan fingerprint density at radius 2 is 1.65 bits per heavy atom. The van der Waals surface area contributed by atoms with Crippen molar-refractivity contribution in [2.45, 2.75) is 45.1 Å². The molecule has 0 saturated carbocycles. The summed E-state index contributed by atoms with van der Waals surface area (Å²) in [4.78, 5) is 26.5. The topological polar surface area (TPSA) is 67.9 Å². The van der Waals surface area contributed by atoms with Gasteiger partial charge in [0.15, 0.2) is 0 Å². The molecule has 1 saturated heterocycles. The number of hydrogen-bond donors (Lipinski definition) is 1. The highest BCUT2D eigenvalue weighted by Gasteiger charge is 2.23. The first-order valence-electron chi connectivity index (χ1n) is 11.1. The predicted molar refractivity (Wildman–Crippen MR) is 120 cm³/mol. The number of carbonyl (C=O) groups excluding carboxylic acids is 2. The Balaban J connectivity index is 1.26. The summed E-state index contributed by atoms with van der Waals surface area (Å²) in [5.41, 5.74) is 1.10. The molecule has 2 amide bonds. The quantitative estimate of drug-likeness (QED) is 0.590. The van der Waals surface area contributed by atoms with Crippen molar-refractivity contribution in [3.63, 3.8) is 0 Å². The monoisotopic (exact) mass is 424 g/mol. The van der Waals surface area contributed by atoms with E-state index in [4.69, 9.17) is 9.47 Å². The zero-order chi connectivity index (χ0) is 21.9. The van der Waals surface area contributed by atoms with Crippen molar-refractivity contribution in [2.75, 3.05) is 26.3 Å². The summed E-state index contributed by atoms with van der Waals surface area (Å²) in [6.45, 7) is 4.28. The van der Waals surface area contributed by atoms with Gasteiger partial charge in [-0.25, -0.2) is 0 Å². The van der Waals surface area contributed by atoms with Gasteiger partial charge in [-0.15, -0.1) is 0 Å². The number of hydrogen-bond acceptors (Lipinski definition) is 4. The maximum Gasteiger partial charge on any atom is 0.223 e. The van der Waals surface area contributed by atoms with Gasteiger partial charge in [0.25, 0.3) is 0 Å². The molecule has 166 valence electrons. The highest BCUT2D eigenvalue weighted by atomic mass is 16.5. The van der Waals surface area contributed by atoms with Crippen molar-refractivity contribution in [1.29, 1.82) is 0 Å². The normalized spacial score (nSPS) is 14.2. The van der Waals surface area contributed by atoms with Gasteiger partial charge in [-0.2, -0.15) is 0 Å². The number of nitrogens with one attached hydrogen (secondary N) is 1. The Hall–Kier alpha value is -3.02. The molecule has 3 rings (SSSR count). The van der Waals surface area contributed by atoms with Gasteiger partial charge in [-0.05, 0) is 49.9 Å². The number of benzene rings is 2. The van der Waals surface area contributed by atoms with Crippen LogP contribution in [0.15, 0.2) is 54.6 Å². The van der Waals surface area contributed by atoms with Crippen LogP contribution in [0.2, 0.25) is 0 Å². The molecule has 0 bridgehead atoms. The highest BCUT2D eigenvalue weighted by Crippen LogP contribution is 2.17. The largest absolute Gasteiger partial charge is 0.493 e. The lowest BCUT2D eigenvalue weighted by Crippen LogP contribution is -2.46. The number of ether oxygens (including phenoxy) is 2. The average molecular weight is 425 g/mol. The Kier molecular flexibility index (Phi) is 8.76. The summed E-state index contributed by atoms with van der Waals surface area (Å²) in [6.07, 6.45) is 3.09. The van der Waals surface area contributed by atoms with Crippen molar-refractivity contribution in [3.8, 4) is 11.5 Å². The molecule has 1 heterocycles. The molecule has 2 aromatic carbocycles. The molecule has 1 aliphatic rings. The van der Waals surface area contributed by atoms with Crippen molar-refractivity contribution in [3.05, 3.63) is 60.2 Å². The second-order valence-electron chi connectivity index (χ2n) is 7.85. The van der Waals surface area contributed by atoms with E-state index in [1.807, 2.05) is 66.4 Å². The Bertz CT molecular complexity index is 832. The molecule has 6 nitrogen and oxygen atoms in total. The van der Waals surface area contributed by atoms with Crippen molar-refractivity contribution >= 4 is 11.8 Å². The van der Waals surface area contributed by atoms with Gasteiger partial charge in [0.1, 0.15) is 11.5 Å². The number of amides is 2. The van der Waals surface area contributed by atoms with Crippen LogP contribution in [0.4, 0.5) is 0 Å². The van der Waals surface area contributed by atoms with Gasteiger partial charge in [0.05, 0.1) is 19.6 Å². The molecule has 1 fully saturated rings. The van der Waals surface area contributed by atoms with E-state index in [-0.39, 0.29) is 17.9 Å². The fraction of sp³-hybridized carbons (Fsp3) is 0.440. The number of carbonyl (C=O) groups is 2. The summed E-state index contributed by atoms with van der Waals surface area (Å²) in [6, 6.07) is 17.5. The first kappa shape index (κ1) is 22.7. The van der Waals surface area contributed by atoms with E-state index >= 15 is 0 Å². The van der Waals surface area contributed by atoms with Gasteiger partial charge in [0.2, 0.25) is 11.8 Å².